The van der Waals surface area contributed by atoms with E-state index in [1.807, 2.05) is 48.9 Å². The molecule has 31 heavy (non-hydrogen) atoms. The van der Waals surface area contributed by atoms with E-state index in [-0.39, 0.29) is 24.4 Å². The Labute approximate surface area is 179 Å². The van der Waals surface area contributed by atoms with Gasteiger partial charge >= 0.3 is 0 Å². The van der Waals surface area contributed by atoms with E-state index in [4.69, 9.17) is 0 Å². The Bertz CT molecular complexity index is 1080. The molecule has 3 rings (SSSR count). The maximum absolute atomic E-state index is 13.6. The third kappa shape index (κ3) is 5.75. The number of aromatic nitrogens is 2. The van der Waals surface area contributed by atoms with Gasteiger partial charge < -0.3 is 10.6 Å². The molecule has 0 aliphatic rings. The van der Waals surface area contributed by atoms with Crippen LogP contribution in [0.4, 0.5) is 8.78 Å². The van der Waals surface area contributed by atoms with Crippen molar-refractivity contribution in [3.05, 3.63) is 88.2 Å². The molecular weight excluding hydrogens is 402 g/mol. The van der Waals surface area contributed by atoms with E-state index in [0.717, 1.165) is 34.6 Å². The van der Waals surface area contributed by atoms with Gasteiger partial charge in [-0.2, -0.15) is 5.10 Å². The van der Waals surface area contributed by atoms with Gasteiger partial charge in [0.2, 0.25) is 5.91 Å². The number of hydrogen-bond donors (Lipinski definition) is 2. The van der Waals surface area contributed by atoms with Gasteiger partial charge in [0, 0.05) is 36.8 Å². The first kappa shape index (κ1) is 22.1. The lowest BCUT2D eigenvalue weighted by Gasteiger charge is -2.09. The zero-order valence-electron chi connectivity index (χ0n) is 17.4. The van der Waals surface area contributed by atoms with Gasteiger partial charge in [-0.05, 0) is 31.5 Å². The fourth-order valence-electron chi connectivity index (χ4n) is 3.23. The largest absolute Gasteiger partial charge is 0.352 e. The minimum absolute atomic E-state index is 0.0325. The molecule has 0 aliphatic heterocycles. The summed E-state index contributed by atoms with van der Waals surface area (Å²) in [6.07, 6.45) is 0.0325. The van der Waals surface area contributed by atoms with Gasteiger partial charge in [0.25, 0.3) is 5.91 Å². The van der Waals surface area contributed by atoms with Crippen LogP contribution in [-0.4, -0.2) is 28.1 Å². The standard InChI is InChI=1S/C23H24F2N4O2/c1-15-20(16(2)29(28-15)14-17-6-4-3-5-7-17)13-27-22(30)10-11-26-23(31)19-9-8-18(24)12-21(19)25/h3-9,12H,10-11,13-14H2,1-2H3,(H,26,31)(H,27,30). The molecule has 0 fully saturated rings. The summed E-state index contributed by atoms with van der Waals surface area (Å²) in [7, 11) is 0. The number of aryl methyl sites for hydroxylation is 1. The van der Waals surface area contributed by atoms with Crippen LogP contribution >= 0.6 is 0 Å². The quantitative estimate of drug-likeness (QED) is 0.581. The summed E-state index contributed by atoms with van der Waals surface area (Å²) in [5, 5.41) is 9.85. The number of carbonyl (C=O) groups is 2. The molecule has 0 radical (unpaired) electrons. The molecular formula is C23H24F2N4O2. The summed E-state index contributed by atoms with van der Waals surface area (Å²) in [6.45, 7) is 4.86. The van der Waals surface area contributed by atoms with E-state index < -0.39 is 17.5 Å². The summed E-state index contributed by atoms with van der Waals surface area (Å²) < 4.78 is 28.5. The number of benzene rings is 2. The molecule has 3 aromatic rings. The number of halogens is 2. The van der Waals surface area contributed by atoms with Crippen molar-refractivity contribution in [3.8, 4) is 0 Å². The average molecular weight is 426 g/mol. The predicted octanol–water partition coefficient (Wildman–Crippen LogP) is 3.26. The van der Waals surface area contributed by atoms with Crippen molar-refractivity contribution >= 4 is 11.8 Å². The van der Waals surface area contributed by atoms with E-state index in [0.29, 0.717) is 19.2 Å². The van der Waals surface area contributed by atoms with Crippen LogP contribution in [0.5, 0.6) is 0 Å². The zero-order valence-corrected chi connectivity index (χ0v) is 17.4. The molecule has 6 nitrogen and oxygen atoms in total. The molecule has 0 saturated carbocycles. The highest BCUT2D eigenvalue weighted by molar-refractivity contribution is 5.94. The first-order valence-corrected chi connectivity index (χ1v) is 9.92. The van der Waals surface area contributed by atoms with Gasteiger partial charge in [0.05, 0.1) is 17.8 Å². The van der Waals surface area contributed by atoms with Crippen molar-refractivity contribution in [1.29, 1.82) is 0 Å². The smallest absolute Gasteiger partial charge is 0.254 e. The van der Waals surface area contributed by atoms with Crippen LogP contribution in [0.1, 0.15) is 39.3 Å². The summed E-state index contributed by atoms with van der Waals surface area (Å²) in [4.78, 5) is 24.1. The summed E-state index contributed by atoms with van der Waals surface area (Å²) >= 11 is 0. The van der Waals surface area contributed by atoms with E-state index >= 15 is 0 Å². The molecule has 0 unspecified atom stereocenters. The van der Waals surface area contributed by atoms with Gasteiger partial charge in [-0.3, -0.25) is 14.3 Å². The van der Waals surface area contributed by atoms with Crippen LogP contribution in [0.3, 0.4) is 0 Å². The van der Waals surface area contributed by atoms with E-state index in [1.54, 1.807) is 0 Å². The van der Waals surface area contributed by atoms with Crippen LogP contribution in [0.2, 0.25) is 0 Å². The van der Waals surface area contributed by atoms with Gasteiger partial charge in [-0.1, -0.05) is 30.3 Å². The molecule has 162 valence electrons. The number of hydrogen-bond acceptors (Lipinski definition) is 3. The molecule has 1 aromatic heterocycles. The third-order valence-corrected chi connectivity index (χ3v) is 4.98. The molecule has 2 amide bonds. The molecule has 0 aliphatic carbocycles. The molecule has 2 N–H and O–H groups in total. The van der Waals surface area contributed by atoms with Gasteiger partial charge in [-0.25, -0.2) is 8.78 Å². The fourth-order valence-corrected chi connectivity index (χ4v) is 3.23. The summed E-state index contributed by atoms with van der Waals surface area (Å²) in [5.41, 5.74) is 3.63. The van der Waals surface area contributed by atoms with Gasteiger partial charge in [0.15, 0.2) is 0 Å². The lowest BCUT2D eigenvalue weighted by atomic mass is 10.2. The predicted molar refractivity (Wildman–Crippen MR) is 112 cm³/mol. The Morgan fingerprint density at radius 3 is 2.48 bits per heavy atom. The molecule has 0 spiro atoms. The number of amides is 2. The topological polar surface area (TPSA) is 76.0 Å². The Balaban J connectivity index is 1.49. The average Bonchev–Trinajstić information content (AvgIpc) is 2.99. The maximum Gasteiger partial charge on any atom is 0.254 e. The van der Waals surface area contributed by atoms with Gasteiger partial charge in [0.1, 0.15) is 11.6 Å². The van der Waals surface area contributed by atoms with Crippen LogP contribution in [-0.2, 0) is 17.9 Å². The normalized spacial score (nSPS) is 10.7. The second-order valence-electron chi connectivity index (χ2n) is 7.20. The number of nitrogens with zero attached hydrogens (tertiary/aromatic N) is 2. The van der Waals surface area contributed by atoms with Crippen LogP contribution < -0.4 is 10.6 Å². The molecule has 0 bridgehead atoms. The number of nitrogens with one attached hydrogen (secondary N) is 2. The Morgan fingerprint density at radius 1 is 1.03 bits per heavy atom. The molecule has 0 saturated heterocycles. The lowest BCUT2D eigenvalue weighted by Crippen LogP contribution is -2.31. The SMILES string of the molecule is Cc1nn(Cc2ccccc2)c(C)c1CNC(=O)CCNC(=O)c1ccc(F)cc1F. The Morgan fingerprint density at radius 2 is 1.77 bits per heavy atom. The fraction of sp³-hybridized carbons (Fsp3) is 0.261. The highest BCUT2D eigenvalue weighted by atomic mass is 19.1. The van der Waals surface area contributed by atoms with Crippen molar-refractivity contribution in [3.63, 3.8) is 0 Å². The minimum Gasteiger partial charge on any atom is -0.352 e. The Kier molecular flexibility index (Phi) is 7.12. The minimum atomic E-state index is -0.944. The number of carbonyl (C=O) groups excluding carboxylic acids is 2. The monoisotopic (exact) mass is 426 g/mol. The Hall–Kier alpha value is -3.55. The first-order valence-electron chi connectivity index (χ1n) is 9.92. The highest BCUT2D eigenvalue weighted by Crippen LogP contribution is 2.15. The van der Waals surface area contributed by atoms with Crippen molar-refractivity contribution in [2.24, 2.45) is 0 Å². The van der Waals surface area contributed by atoms with Crippen molar-refractivity contribution in [2.45, 2.75) is 33.4 Å². The summed E-state index contributed by atoms with van der Waals surface area (Å²) in [6, 6.07) is 12.7. The van der Waals surface area contributed by atoms with Crippen molar-refractivity contribution in [1.82, 2.24) is 20.4 Å². The zero-order chi connectivity index (χ0) is 22.4. The van der Waals surface area contributed by atoms with E-state index in [9.17, 15) is 18.4 Å². The van der Waals surface area contributed by atoms with Crippen molar-refractivity contribution < 1.29 is 18.4 Å². The maximum atomic E-state index is 13.6. The van der Waals surface area contributed by atoms with E-state index in [1.165, 1.54) is 0 Å². The number of rotatable bonds is 8. The van der Waals surface area contributed by atoms with Crippen molar-refractivity contribution in [2.75, 3.05) is 6.54 Å². The highest BCUT2D eigenvalue weighted by Gasteiger charge is 2.14. The van der Waals surface area contributed by atoms with Crippen LogP contribution in [0.25, 0.3) is 0 Å². The van der Waals surface area contributed by atoms with E-state index in [2.05, 4.69) is 15.7 Å². The lowest BCUT2D eigenvalue weighted by molar-refractivity contribution is -0.121. The van der Waals surface area contributed by atoms with Crippen LogP contribution in [0.15, 0.2) is 48.5 Å². The van der Waals surface area contributed by atoms with Gasteiger partial charge in [-0.15, -0.1) is 0 Å². The molecule has 8 heteroatoms. The van der Waals surface area contributed by atoms with Crippen LogP contribution in [0, 0.1) is 25.5 Å². The molecule has 1 heterocycles. The molecule has 0 atom stereocenters. The molecule has 2 aromatic carbocycles. The second kappa shape index (κ2) is 9.97. The second-order valence-corrected chi connectivity index (χ2v) is 7.20. The first-order chi connectivity index (χ1) is 14.8. The third-order valence-electron chi connectivity index (χ3n) is 4.98. The summed E-state index contributed by atoms with van der Waals surface area (Å²) in [5.74, 6) is -2.65.